The molecule has 0 unspecified atom stereocenters. The van der Waals surface area contributed by atoms with Crippen LogP contribution in [0.25, 0.3) is 0 Å². The van der Waals surface area contributed by atoms with Gasteiger partial charge in [-0.05, 0) is 12.1 Å². The van der Waals surface area contributed by atoms with Gasteiger partial charge in [-0.2, -0.15) is 0 Å². The quantitative estimate of drug-likeness (QED) is 0.506. The molecule has 2 nitrogen and oxygen atoms in total. The van der Waals surface area contributed by atoms with Crippen molar-refractivity contribution in [1.82, 2.24) is 0 Å². The van der Waals surface area contributed by atoms with Gasteiger partial charge in [0.15, 0.2) is 0 Å². The Kier molecular flexibility index (Phi) is 6.68. The van der Waals surface area contributed by atoms with E-state index in [2.05, 4.69) is 0 Å². The normalized spacial score (nSPS) is 8.83. The van der Waals surface area contributed by atoms with Crippen LogP contribution in [0.2, 0.25) is 15.1 Å². The van der Waals surface area contributed by atoms with E-state index in [1.807, 2.05) is 0 Å². The Balaban J connectivity index is 0.000000561. The van der Waals surface area contributed by atoms with E-state index in [1.54, 1.807) is 0 Å². The van der Waals surface area contributed by atoms with Crippen LogP contribution < -0.4 is 0 Å². The summed E-state index contributed by atoms with van der Waals surface area (Å²) in [6, 6.07) is 2.86. The van der Waals surface area contributed by atoms with Crippen molar-refractivity contribution in [3.8, 4) is 5.75 Å². The van der Waals surface area contributed by atoms with E-state index in [4.69, 9.17) is 42.9 Å². The first-order valence-electron chi connectivity index (χ1n) is 2.77. The summed E-state index contributed by atoms with van der Waals surface area (Å²) in [5.74, 6) is -0.0592. The molecule has 2 N–H and O–H groups in total. The van der Waals surface area contributed by atoms with Crippen molar-refractivity contribution < 1.29 is 34.7 Å². The minimum atomic E-state index is -0.0592. The van der Waals surface area contributed by atoms with Gasteiger partial charge in [0.1, 0.15) is 10.8 Å². The van der Waals surface area contributed by atoms with E-state index in [0.29, 0.717) is 5.02 Å². The van der Waals surface area contributed by atoms with Gasteiger partial charge in [0.2, 0.25) is 0 Å². The molecule has 0 aliphatic heterocycles. The Bertz CT molecular complexity index is 240. The molecule has 0 heterocycles. The van der Waals surface area contributed by atoms with Crippen molar-refractivity contribution in [2.75, 3.05) is 0 Å². The van der Waals surface area contributed by atoms with Gasteiger partial charge in [-0.1, -0.05) is 34.8 Å². The molecule has 0 bridgehead atoms. The molecule has 0 saturated heterocycles. The summed E-state index contributed by atoms with van der Waals surface area (Å²) in [5, 5.41) is 9.56. The Morgan fingerprint density at radius 2 is 1.50 bits per heavy atom. The molecule has 0 amide bonds. The van der Waals surface area contributed by atoms with Crippen LogP contribution in [0.5, 0.6) is 5.75 Å². The van der Waals surface area contributed by atoms with E-state index in [0.717, 1.165) is 0 Å². The maximum absolute atomic E-state index is 8.95. The van der Waals surface area contributed by atoms with E-state index in [9.17, 15) is 0 Å². The fourth-order valence-electron chi connectivity index (χ4n) is 0.516. The molecule has 6 heteroatoms. The summed E-state index contributed by atoms with van der Waals surface area (Å²) in [5.41, 5.74) is 0. The molecule has 12 heavy (non-hydrogen) atoms. The molecular weight excluding hydrogens is 411 g/mol. The molecule has 0 radical (unpaired) electrons. The maximum atomic E-state index is 8.95. The summed E-state index contributed by atoms with van der Waals surface area (Å²) in [6.45, 7) is 0. The first-order valence-corrected chi connectivity index (χ1v) is 6.36. The van der Waals surface area contributed by atoms with E-state index < -0.39 is 0 Å². The van der Waals surface area contributed by atoms with Gasteiger partial charge in [-0.25, -0.2) is 0 Å². The summed E-state index contributed by atoms with van der Waals surface area (Å²) in [4.78, 5) is 0. The van der Waals surface area contributed by atoms with Gasteiger partial charge in [0, 0.05) is 0 Å². The van der Waals surface area contributed by atoms with Crippen LogP contribution >= 0.6 is 34.8 Å². The van der Waals surface area contributed by atoms with Gasteiger partial charge >= 0.3 is 29.6 Å². The molecular formula is C6H4Cl3HgO2. The molecule has 63 valence electrons. The van der Waals surface area contributed by atoms with Crippen LogP contribution in [-0.4, -0.2) is 8.12 Å². The Morgan fingerprint density at radius 3 is 1.92 bits per heavy atom. The van der Waals surface area contributed by atoms with Gasteiger partial charge < -0.3 is 5.11 Å². The fourth-order valence-corrected chi connectivity index (χ4v) is 1.05. The monoisotopic (exact) mass is 415 g/mol. The van der Waals surface area contributed by atoms with Crippen LogP contribution in [-0.2, 0) is 26.6 Å². The van der Waals surface area contributed by atoms with Gasteiger partial charge in [-0.15, -0.1) is 0 Å². The summed E-state index contributed by atoms with van der Waals surface area (Å²) in [6.07, 6.45) is 0. The number of aromatic hydroxyl groups is 1. The first-order chi connectivity index (χ1) is 5.63. The van der Waals surface area contributed by atoms with E-state index in [-0.39, 0.29) is 42.4 Å². The Hall–Kier alpha value is 0.785. The van der Waals surface area contributed by atoms with E-state index >= 15 is 0 Å². The van der Waals surface area contributed by atoms with Crippen molar-refractivity contribution in [1.29, 1.82) is 0 Å². The number of rotatable bonds is 0. The summed E-state index contributed by atoms with van der Waals surface area (Å²) < 4.78 is 7.19. The molecule has 0 saturated carbocycles. The summed E-state index contributed by atoms with van der Waals surface area (Å²) >= 11 is 16.7. The second-order valence-electron chi connectivity index (χ2n) is 1.69. The molecule has 0 fully saturated rings. The number of hydrogen-bond acceptors (Lipinski definition) is 2. The average molecular weight is 415 g/mol. The second-order valence-corrected chi connectivity index (χ2v) is 2.86. The molecule has 0 aliphatic carbocycles. The fraction of sp³-hybridized carbons (Fsp3) is 0. The third-order valence-corrected chi connectivity index (χ3v) is 2.30. The molecule has 0 aromatic heterocycles. The molecule has 0 spiro atoms. The second kappa shape index (κ2) is 6.27. The molecule has 0 atom stereocenters. The van der Waals surface area contributed by atoms with Crippen molar-refractivity contribution in [2.24, 2.45) is 0 Å². The first kappa shape index (κ1) is 12.8. The van der Waals surface area contributed by atoms with Crippen LogP contribution in [0, 0.1) is 0 Å². The zero-order valence-electron chi connectivity index (χ0n) is 5.89. The van der Waals surface area contributed by atoms with Crippen molar-refractivity contribution in [2.45, 2.75) is 0 Å². The van der Waals surface area contributed by atoms with Crippen LogP contribution in [0.1, 0.15) is 0 Å². The zero-order valence-corrected chi connectivity index (χ0v) is 13.7. The van der Waals surface area contributed by atoms with Crippen molar-refractivity contribution in [3.05, 3.63) is 27.2 Å². The molecule has 1 aromatic carbocycles. The summed E-state index contributed by atoms with van der Waals surface area (Å²) in [7, 11) is 0. The standard InChI is InChI=1S/C6H3Cl3O.Hg.H2O/c7-3-1-2-4(10)6(9)5(3)8;;/h1-2,10H;;1H2/q;+1;/p-1. The number of benzene rings is 1. The van der Waals surface area contributed by atoms with Gasteiger partial charge in [0.25, 0.3) is 0 Å². The van der Waals surface area contributed by atoms with Crippen LogP contribution in [0.15, 0.2) is 12.1 Å². The third kappa shape index (κ3) is 3.26. The van der Waals surface area contributed by atoms with Crippen molar-refractivity contribution >= 4 is 34.8 Å². The predicted octanol–water partition coefficient (Wildman–Crippen LogP) is 2.79. The Labute approximate surface area is 102 Å². The number of phenolic OH excluding ortho intramolecular Hbond substituents is 1. The van der Waals surface area contributed by atoms with E-state index in [1.165, 1.54) is 12.1 Å². The average Bonchev–Trinajstić information content (AvgIpc) is 2.12. The van der Waals surface area contributed by atoms with Crippen LogP contribution in [0.4, 0.5) is 0 Å². The molecule has 1 aromatic rings. The number of phenols is 1. The minimum absolute atomic E-state index is 0.0278. The van der Waals surface area contributed by atoms with Crippen molar-refractivity contribution in [3.63, 3.8) is 0 Å². The number of halogens is 3. The molecule has 0 aliphatic rings. The number of hydrogen-bond donors (Lipinski definition) is 2. The zero-order chi connectivity index (χ0) is 9.72. The SMILES string of the molecule is Oc1ccc(Cl)c(Cl)c1Cl.[OH][Hg]. The third-order valence-electron chi connectivity index (χ3n) is 1.01. The van der Waals surface area contributed by atoms with Crippen LogP contribution in [0.3, 0.4) is 0 Å². The molecule has 1 rings (SSSR count). The topological polar surface area (TPSA) is 40.5 Å². The van der Waals surface area contributed by atoms with Gasteiger partial charge in [-0.3, -0.25) is 0 Å². The van der Waals surface area contributed by atoms with Gasteiger partial charge in [0.05, 0.1) is 10.0 Å². The predicted molar refractivity (Wildman–Crippen MR) is 45.4 cm³/mol. The Morgan fingerprint density at radius 1 is 1.00 bits per heavy atom.